The number of ether oxygens (including phenoxy) is 1. The molecule has 1 aliphatic rings. The molecule has 1 aliphatic heterocycles. The van der Waals surface area contributed by atoms with Crippen LogP contribution in [0.1, 0.15) is 34.3 Å². The number of carbonyl (C=O) groups excluding carboxylic acids is 1. The Morgan fingerprint density at radius 1 is 1.11 bits per heavy atom. The zero-order chi connectivity index (χ0) is 18.8. The Balaban J connectivity index is 1.72. The van der Waals surface area contributed by atoms with E-state index in [1.807, 2.05) is 43.3 Å². The number of aryl methyl sites for hydroxylation is 2. The number of pyridine rings is 1. The van der Waals surface area contributed by atoms with Crippen molar-refractivity contribution < 1.29 is 9.53 Å². The van der Waals surface area contributed by atoms with Crippen molar-refractivity contribution in [2.45, 2.75) is 32.8 Å². The first-order chi connectivity index (χ1) is 13.1. The Kier molecular flexibility index (Phi) is 4.90. The SMILES string of the molecule is Cc1ccc(-c2cc(C(=O)NC[C@@H]3CCCO3)c3cc(C)ccc3n2)cc1. The third kappa shape index (κ3) is 3.86. The van der Waals surface area contributed by atoms with Gasteiger partial charge in [0.05, 0.1) is 22.9 Å². The highest BCUT2D eigenvalue weighted by Crippen LogP contribution is 2.26. The third-order valence-corrected chi connectivity index (χ3v) is 5.07. The fourth-order valence-corrected chi connectivity index (χ4v) is 3.51. The monoisotopic (exact) mass is 360 g/mol. The van der Waals surface area contributed by atoms with Crippen molar-refractivity contribution in [1.29, 1.82) is 0 Å². The van der Waals surface area contributed by atoms with E-state index in [0.29, 0.717) is 12.1 Å². The number of benzene rings is 2. The molecule has 4 nitrogen and oxygen atoms in total. The van der Waals surface area contributed by atoms with Crippen LogP contribution in [-0.4, -0.2) is 30.1 Å². The van der Waals surface area contributed by atoms with Crippen molar-refractivity contribution in [2.24, 2.45) is 0 Å². The summed E-state index contributed by atoms with van der Waals surface area (Å²) < 4.78 is 5.62. The molecule has 2 heterocycles. The highest BCUT2D eigenvalue weighted by atomic mass is 16.5. The average molecular weight is 360 g/mol. The summed E-state index contributed by atoms with van der Waals surface area (Å²) in [5.41, 5.74) is 5.63. The predicted molar refractivity (Wildman–Crippen MR) is 108 cm³/mol. The first-order valence-electron chi connectivity index (χ1n) is 9.48. The van der Waals surface area contributed by atoms with Crippen LogP contribution in [0.4, 0.5) is 0 Å². The largest absolute Gasteiger partial charge is 0.376 e. The van der Waals surface area contributed by atoms with Crippen molar-refractivity contribution >= 4 is 16.8 Å². The number of nitrogens with one attached hydrogen (secondary N) is 1. The lowest BCUT2D eigenvalue weighted by molar-refractivity contribution is 0.0859. The summed E-state index contributed by atoms with van der Waals surface area (Å²) in [6, 6.07) is 16.2. The van der Waals surface area contributed by atoms with Crippen LogP contribution >= 0.6 is 0 Å². The van der Waals surface area contributed by atoms with E-state index in [4.69, 9.17) is 9.72 Å². The van der Waals surface area contributed by atoms with Crippen molar-refractivity contribution in [1.82, 2.24) is 10.3 Å². The Labute approximate surface area is 159 Å². The summed E-state index contributed by atoms with van der Waals surface area (Å²) >= 11 is 0. The van der Waals surface area contributed by atoms with Crippen LogP contribution in [-0.2, 0) is 4.74 Å². The Morgan fingerprint density at radius 2 is 1.89 bits per heavy atom. The van der Waals surface area contributed by atoms with Crippen molar-refractivity contribution in [3.8, 4) is 11.3 Å². The lowest BCUT2D eigenvalue weighted by Crippen LogP contribution is -2.32. The molecule has 27 heavy (non-hydrogen) atoms. The standard InChI is InChI=1S/C23H24N2O2/c1-15-5-8-17(9-6-15)22-13-20(19-12-16(2)7-10-21(19)25-22)23(26)24-14-18-4-3-11-27-18/h5-10,12-13,18H,3-4,11,14H2,1-2H3,(H,24,26)/t18-/m0/s1. The Bertz CT molecular complexity index is 974. The number of amides is 1. The highest BCUT2D eigenvalue weighted by Gasteiger charge is 2.19. The molecule has 0 spiro atoms. The molecule has 0 unspecified atom stereocenters. The molecule has 2 aromatic carbocycles. The third-order valence-electron chi connectivity index (χ3n) is 5.07. The van der Waals surface area contributed by atoms with E-state index < -0.39 is 0 Å². The van der Waals surface area contributed by atoms with Gasteiger partial charge in [-0.05, 0) is 44.9 Å². The number of nitrogens with zero attached hydrogens (tertiary/aromatic N) is 1. The normalized spacial score (nSPS) is 16.6. The van der Waals surface area contributed by atoms with Gasteiger partial charge in [-0.1, -0.05) is 41.5 Å². The highest BCUT2D eigenvalue weighted by molar-refractivity contribution is 6.07. The molecular formula is C23H24N2O2. The Hall–Kier alpha value is -2.72. The molecule has 1 fully saturated rings. The molecule has 4 rings (SSSR count). The van der Waals surface area contributed by atoms with Gasteiger partial charge in [-0.15, -0.1) is 0 Å². The number of hydrogen-bond donors (Lipinski definition) is 1. The number of fused-ring (bicyclic) bond motifs is 1. The molecule has 1 N–H and O–H groups in total. The molecule has 1 aromatic heterocycles. The molecule has 0 saturated carbocycles. The van der Waals surface area contributed by atoms with Crippen LogP contribution in [0.15, 0.2) is 48.5 Å². The van der Waals surface area contributed by atoms with E-state index in [-0.39, 0.29) is 12.0 Å². The second-order valence-corrected chi connectivity index (χ2v) is 7.29. The molecule has 1 saturated heterocycles. The first kappa shape index (κ1) is 17.7. The zero-order valence-corrected chi connectivity index (χ0v) is 15.8. The second kappa shape index (κ2) is 7.49. The van der Waals surface area contributed by atoms with Gasteiger partial charge >= 0.3 is 0 Å². The van der Waals surface area contributed by atoms with Crippen molar-refractivity contribution in [3.63, 3.8) is 0 Å². The van der Waals surface area contributed by atoms with Crippen LogP contribution in [0.3, 0.4) is 0 Å². The van der Waals surface area contributed by atoms with Crippen molar-refractivity contribution in [3.05, 3.63) is 65.2 Å². The maximum atomic E-state index is 13.0. The number of rotatable bonds is 4. The minimum Gasteiger partial charge on any atom is -0.376 e. The van der Waals surface area contributed by atoms with Gasteiger partial charge in [-0.25, -0.2) is 4.98 Å². The van der Waals surface area contributed by atoms with Gasteiger partial charge in [0, 0.05) is 24.1 Å². The van der Waals surface area contributed by atoms with Crippen LogP contribution < -0.4 is 5.32 Å². The second-order valence-electron chi connectivity index (χ2n) is 7.29. The summed E-state index contributed by atoms with van der Waals surface area (Å²) in [5, 5.41) is 3.93. The van der Waals surface area contributed by atoms with E-state index in [9.17, 15) is 4.79 Å². The minimum atomic E-state index is -0.0724. The van der Waals surface area contributed by atoms with E-state index in [2.05, 4.69) is 24.4 Å². The topological polar surface area (TPSA) is 51.2 Å². The van der Waals surface area contributed by atoms with Gasteiger partial charge in [0.15, 0.2) is 0 Å². The summed E-state index contributed by atoms with van der Waals surface area (Å²) in [4.78, 5) is 17.8. The molecular weight excluding hydrogens is 336 g/mol. The molecule has 1 atom stereocenters. The van der Waals surface area contributed by atoms with E-state index in [0.717, 1.165) is 47.2 Å². The van der Waals surface area contributed by atoms with Crippen LogP contribution in [0, 0.1) is 13.8 Å². The van der Waals surface area contributed by atoms with Crippen LogP contribution in [0.2, 0.25) is 0 Å². The summed E-state index contributed by atoms with van der Waals surface area (Å²) in [7, 11) is 0. The molecule has 0 radical (unpaired) electrons. The number of aromatic nitrogens is 1. The molecule has 4 heteroatoms. The fraction of sp³-hybridized carbons (Fsp3) is 0.304. The van der Waals surface area contributed by atoms with Crippen LogP contribution in [0.5, 0.6) is 0 Å². The smallest absolute Gasteiger partial charge is 0.252 e. The lowest BCUT2D eigenvalue weighted by atomic mass is 10.0. The van der Waals surface area contributed by atoms with Gasteiger partial charge < -0.3 is 10.1 Å². The maximum Gasteiger partial charge on any atom is 0.252 e. The average Bonchev–Trinajstić information content (AvgIpc) is 3.19. The quantitative estimate of drug-likeness (QED) is 0.749. The zero-order valence-electron chi connectivity index (χ0n) is 15.8. The number of hydrogen-bond acceptors (Lipinski definition) is 3. The Morgan fingerprint density at radius 3 is 2.63 bits per heavy atom. The van der Waals surface area contributed by atoms with Crippen molar-refractivity contribution in [2.75, 3.05) is 13.2 Å². The van der Waals surface area contributed by atoms with Gasteiger partial charge in [-0.3, -0.25) is 4.79 Å². The molecule has 3 aromatic rings. The molecule has 138 valence electrons. The van der Waals surface area contributed by atoms with Gasteiger partial charge in [-0.2, -0.15) is 0 Å². The lowest BCUT2D eigenvalue weighted by Gasteiger charge is -2.14. The number of carbonyl (C=O) groups is 1. The molecule has 0 aliphatic carbocycles. The molecule has 0 bridgehead atoms. The minimum absolute atomic E-state index is 0.0724. The van der Waals surface area contributed by atoms with E-state index in [1.165, 1.54) is 5.56 Å². The maximum absolute atomic E-state index is 13.0. The summed E-state index contributed by atoms with van der Waals surface area (Å²) in [6.07, 6.45) is 2.20. The van der Waals surface area contributed by atoms with E-state index in [1.54, 1.807) is 0 Å². The van der Waals surface area contributed by atoms with Gasteiger partial charge in [0.1, 0.15) is 0 Å². The van der Waals surface area contributed by atoms with Gasteiger partial charge in [0.25, 0.3) is 5.91 Å². The fourth-order valence-electron chi connectivity index (χ4n) is 3.51. The van der Waals surface area contributed by atoms with Crippen LogP contribution in [0.25, 0.3) is 22.2 Å². The predicted octanol–water partition coefficient (Wildman–Crippen LogP) is 4.43. The van der Waals surface area contributed by atoms with E-state index >= 15 is 0 Å². The first-order valence-corrected chi connectivity index (χ1v) is 9.48. The summed E-state index contributed by atoms with van der Waals surface area (Å²) in [6.45, 7) is 5.43. The molecule has 1 amide bonds. The van der Waals surface area contributed by atoms with Gasteiger partial charge in [0.2, 0.25) is 0 Å². The summed E-state index contributed by atoms with van der Waals surface area (Å²) in [5.74, 6) is -0.0724.